The lowest BCUT2D eigenvalue weighted by Crippen LogP contribution is -2.32. The summed E-state index contributed by atoms with van der Waals surface area (Å²) in [7, 11) is 3.76. The van der Waals surface area contributed by atoms with Crippen molar-refractivity contribution in [2.45, 2.75) is 32.9 Å². The second-order valence-electron chi connectivity index (χ2n) is 4.88. The third-order valence-corrected chi connectivity index (χ3v) is 3.52. The molecule has 0 aliphatic heterocycles. The molecule has 0 aromatic heterocycles. The van der Waals surface area contributed by atoms with Crippen molar-refractivity contribution in [3.8, 4) is 0 Å². The summed E-state index contributed by atoms with van der Waals surface area (Å²) >= 11 is 6.37. The van der Waals surface area contributed by atoms with E-state index in [1.54, 1.807) is 7.11 Å². The molecule has 1 rings (SSSR count). The van der Waals surface area contributed by atoms with Crippen molar-refractivity contribution >= 4 is 17.3 Å². The van der Waals surface area contributed by atoms with Gasteiger partial charge in [0.15, 0.2) is 0 Å². The lowest BCUT2D eigenvalue weighted by molar-refractivity contribution is 0.183. The molecule has 0 saturated carbocycles. The van der Waals surface area contributed by atoms with E-state index in [4.69, 9.17) is 16.3 Å². The summed E-state index contributed by atoms with van der Waals surface area (Å²) in [5, 5.41) is 4.17. The zero-order valence-corrected chi connectivity index (χ0v) is 13.1. The van der Waals surface area contributed by atoms with Gasteiger partial charge >= 0.3 is 0 Å². The lowest BCUT2D eigenvalue weighted by atomic mass is 10.1. The van der Waals surface area contributed by atoms with Crippen molar-refractivity contribution in [3.05, 3.63) is 28.8 Å². The van der Waals surface area contributed by atoms with E-state index < -0.39 is 0 Å². The minimum absolute atomic E-state index is 0.298. The van der Waals surface area contributed by atoms with Crippen molar-refractivity contribution < 1.29 is 4.74 Å². The molecule has 0 aliphatic rings. The minimum Gasteiger partial charge on any atom is -0.383 e. The van der Waals surface area contributed by atoms with E-state index >= 15 is 0 Å². The van der Waals surface area contributed by atoms with E-state index in [-0.39, 0.29) is 0 Å². The number of nitrogens with one attached hydrogen (secondary N) is 1. The van der Waals surface area contributed by atoms with Crippen molar-refractivity contribution in [3.63, 3.8) is 0 Å². The number of nitrogens with zero attached hydrogens (tertiary/aromatic N) is 1. The largest absolute Gasteiger partial charge is 0.383 e. The lowest BCUT2D eigenvalue weighted by Gasteiger charge is -2.27. The van der Waals surface area contributed by atoms with Gasteiger partial charge in [0, 0.05) is 26.7 Å². The maximum atomic E-state index is 6.37. The van der Waals surface area contributed by atoms with Crippen LogP contribution in [0.1, 0.15) is 25.8 Å². The van der Waals surface area contributed by atoms with Gasteiger partial charge in [-0.15, -0.1) is 0 Å². The molecule has 3 nitrogen and oxygen atoms in total. The molecule has 1 aromatic carbocycles. The van der Waals surface area contributed by atoms with Gasteiger partial charge in [0.2, 0.25) is 0 Å². The number of hydrogen-bond acceptors (Lipinski definition) is 3. The molecule has 0 aliphatic carbocycles. The average Bonchev–Trinajstić information content (AvgIpc) is 2.39. The highest BCUT2D eigenvalue weighted by Crippen LogP contribution is 2.27. The third kappa shape index (κ3) is 5.01. The summed E-state index contributed by atoms with van der Waals surface area (Å²) in [6.45, 7) is 6.87. The number of rotatable bonds is 8. The van der Waals surface area contributed by atoms with E-state index in [2.05, 4.69) is 36.2 Å². The molecule has 0 radical (unpaired) electrons. The summed E-state index contributed by atoms with van der Waals surface area (Å²) in [6.07, 6.45) is 1.14. The molecule has 0 saturated heterocycles. The van der Waals surface area contributed by atoms with Gasteiger partial charge in [-0.2, -0.15) is 0 Å². The van der Waals surface area contributed by atoms with Crippen molar-refractivity contribution in [1.82, 2.24) is 5.32 Å². The fraction of sp³-hybridized carbons (Fsp3) is 0.600. The van der Waals surface area contributed by atoms with Crippen LogP contribution in [-0.4, -0.2) is 33.4 Å². The van der Waals surface area contributed by atoms with Gasteiger partial charge in [-0.25, -0.2) is 0 Å². The van der Waals surface area contributed by atoms with E-state index in [9.17, 15) is 0 Å². The number of ether oxygens (including phenoxy) is 1. The number of halogens is 1. The molecular weight excluding hydrogens is 260 g/mol. The van der Waals surface area contributed by atoms with Crippen LogP contribution in [0.2, 0.25) is 5.02 Å². The first-order valence-corrected chi connectivity index (χ1v) is 7.18. The molecule has 0 fully saturated rings. The maximum Gasteiger partial charge on any atom is 0.0663 e. The first-order chi connectivity index (χ1) is 9.10. The van der Waals surface area contributed by atoms with Crippen LogP contribution >= 0.6 is 11.6 Å². The van der Waals surface area contributed by atoms with E-state index in [0.29, 0.717) is 12.6 Å². The Morgan fingerprint density at radius 3 is 2.74 bits per heavy atom. The summed E-state index contributed by atoms with van der Waals surface area (Å²) < 4.78 is 5.18. The second-order valence-corrected chi connectivity index (χ2v) is 5.29. The predicted molar refractivity (Wildman–Crippen MR) is 83.2 cm³/mol. The molecule has 0 heterocycles. The summed E-state index contributed by atoms with van der Waals surface area (Å²) in [5.74, 6) is 0. The summed E-state index contributed by atoms with van der Waals surface area (Å²) in [5.41, 5.74) is 2.26. The van der Waals surface area contributed by atoms with Crippen LogP contribution in [0.4, 0.5) is 5.69 Å². The van der Waals surface area contributed by atoms with Crippen LogP contribution in [0, 0.1) is 0 Å². The zero-order chi connectivity index (χ0) is 14.3. The van der Waals surface area contributed by atoms with Crippen LogP contribution in [0.25, 0.3) is 0 Å². The molecule has 19 heavy (non-hydrogen) atoms. The fourth-order valence-electron chi connectivity index (χ4n) is 1.95. The minimum atomic E-state index is 0.298. The summed E-state index contributed by atoms with van der Waals surface area (Å²) in [4.78, 5) is 2.15. The van der Waals surface area contributed by atoms with Crippen LogP contribution in [-0.2, 0) is 11.3 Å². The Kier molecular flexibility index (Phi) is 7.21. The number of methoxy groups -OCH3 is 1. The Bertz CT molecular complexity index is 384. The standard InChI is InChI=1S/C15H25ClN2O/c1-5-8-17-10-13-6-7-15(14(16)9-13)18(3)12(2)11-19-4/h6-7,9,12,17H,5,8,10-11H2,1-4H3. The number of hydrogen-bond donors (Lipinski definition) is 1. The van der Waals surface area contributed by atoms with Crippen LogP contribution in [0.5, 0.6) is 0 Å². The highest BCUT2D eigenvalue weighted by Gasteiger charge is 2.13. The van der Waals surface area contributed by atoms with Gasteiger partial charge in [-0.3, -0.25) is 0 Å². The molecular formula is C15H25ClN2O. The Balaban J connectivity index is 2.70. The quantitative estimate of drug-likeness (QED) is 0.741. The smallest absolute Gasteiger partial charge is 0.0663 e. The molecule has 0 amide bonds. The van der Waals surface area contributed by atoms with Gasteiger partial charge in [0.05, 0.1) is 17.3 Å². The molecule has 108 valence electrons. The molecule has 4 heteroatoms. The normalized spacial score (nSPS) is 12.5. The maximum absolute atomic E-state index is 6.37. The van der Waals surface area contributed by atoms with Gasteiger partial charge in [-0.1, -0.05) is 24.6 Å². The predicted octanol–water partition coefficient (Wildman–Crippen LogP) is 3.31. The number of anilines is 1. The molecule has 1 atom stereocenters. The van der Waals surface area contributed by atoms with Crippen molar-refractivity contribution in [1.29, 1.82) is 0 Å². The van der Waals surface area contributed by atoms with Gasteiger partial charge in [-0.05, 0) is 37.6 Å². The zero-order valence-electron chi connectivity index (χ0n) is 12.4. The monoisotopic (exact) mass is 284 g/mol. The third-order valence-electron chi connectivity index (χ3n) is 3.22. The Morgan fingerprint density at radius 1 is 1.42 bits per heavy atom. The van der Waals surface area contributed by atoms with E-state index in [1.165, 1.54) is 5.56 Å². The highest BCUT2D eigenvalue weighted by atomic mass is 35.5. The Morgan fingerprint density at radius 2 is 2.16 bits per heavy atom. The second kappa shape index (κ2) is 8.41. The van der Waals surface area contributed by atoms with Crippen LogP contribution in [0.15, 0.2) is 18.2 Å². The SMILES string of the molecule is CCCNCc1ccc(N(C)C(C)COC)c(Cl)c1. The number of benzene rings is 1. The Labute approximate surface area is 121 Å². The molecule has 0 spiro atoms. The topological polar surface area (TPSA) is 24.5 Å². The Hall–Kier alpha value is -0.770. The molecule has 1 unspecified atom stereocenters. The van der Waals surface area contributed by atoms with E-state index in [1.807, 2.05) is 13.1 Å². The van der Waals surface area contributed by atoms with Gasteiger partial charge < -0.3 is 15.0 Å². The average molecular weight is 285 g/mol. The fourth-order valence-corrected chi connectivity index (χ4v) is 2.28. The van der Waals surface area contributed by atoms with Gasteiger partial charge in [0.1, 0.15) is 0 Å². The van der Waals surface area contributed by atoms with Crippen molar-refractivity contribution in [2.75, 3.05) is 32.2 Å². The number of likely N-dealkylation sites (N-methyl/N-ethyl adjacent to an activating group) is 1. The first kappa shape index (κ1) is 16.3. The van der Waals surface area contributed by atoms with Crippen LogP contribution in [0.3, 0.4) is 0 Å². The van der Waals surface area contributed by atoms with E-state index in [0.717, 1.165) is 30.2 Å². The van der Waals surface area contributed by atoms with Crippen molar-refractivity contribution in [2.24, 2.45) is 0 Å². The molecule has 1 aromatic rings. The highest BCUT2D eigenvalue weighted by molar-refractivity contribution is 6.33. The van der Waals surface area contributed by atoms with Gasteiger partial charge in [0.25, 0.3) is 0 Å². The summed E-state index contributed by atoms with van der Waals surface area (Å²) in [6, 6.07) is 6.54. The molecule has 1 N–H and O–H groups in total. The first-order valence-electron chi connectivity index (χ1n) is 6.81. The van der Waals surface area contributed by atoms with Crippen LogP contribution < -0.4 is 10.2 Å². The molecule has 0 bridgehead atoms.